The van der Waals surface area contributed by atoms with E-state index in [1.165, 1.54) is 0 Å². The Morgan fingerprint density at radius 3 is 2.32 bits per heavy atom. The molecule has 0 radical (unpaired) electrons. The number of methoxy groups -OCH3 is 1. The first kappa shape index (κ1) is 12.9. The molecule has 2 saturated heterocycles. The number of fused-ring (bicyclic) bond motifs is 2. The van der Waals surface area contributed by atoms with Gasteiger partial charge in [0, 0.05) is 29.8 Å². The van der Waals surface area contributed by atoms with Gasteiger partial charge >= 0.3 is 0 Å². The molecule has 3 rings (SSSR count). The van der Waals surface area contributed by atoms with Crippen molar-refractivity contribution in [2.24, 2.45) is 0 Å². The van der Waals surface area contributed by atoms with Gasteiger partial charge in [0.1, 0.15) is 0 Å². The third-order valence-corrected chi connectivity index (χ3v) is 4.60. The molecule has 102 valence electrons. The minimum atomic E-state index is 0.138. The van der Waals surface area contributed by atoms with Crippen LogP contribution in [-0.4, -0.2) is 36.1 Å². The van der Waals surface area contributed by atoms with Crippen LogP contribution in [0.25, 0.3) is 0 Å². The van der Waals surface area contributed by atoms with Gasteiger partial charge in [-0.05, 0) is 49.9 Å². The Morgan fingerprint density at radius 2 is 1.79 bits per heavy atom. The quantitative estimate of drug-likeness (QED) is 0.832. The number of hydrogen-bond donors (Lipinski definition) is 0. The van der Waals surface area contributed by atoms with Gasteiger partial charge in [-0.2, -0.15) is 0 Å². The second-order valence-electron chi connectivity index (χ2n) is 5.43. The predicted octanol–water partition coefficient (Wildman–Crippen LogP) is 3.12. The molecule has 0 saturated carbocycles. The first-order valence-electron chi connectivity index (χ1n) is 6.80. The molecule has 0 aliphatic carbocycles. The predicted molar refractivity (Wildman–Crippen MR) is 74.5 cm³/mol. The zero-order valence-electron chi connectivity index (χ0n) is 11.0. The molecular weight excluding hydrogens is 262 g/mol. The number of benzene rings is 1. The molecule has 1 aromatic rings. The fraction of sp³-hybridized carbons (Fsp3) is 0.533. The fourth-order valence-corrected chi connectivity index (χ4v) is 3.52. The molecule has 2 aliphatic heterocycles. The number of carbonyl (C=O) groups excluding carboxylic acids is 1. The van der Waals surface area contributed by atoms with E-state index in [0.29, 0.717) is 23.2 Å². The summed E-state index contributed by atoms with van der Waals surface area (Å²) < 4.78 is 5.47. The summed E-state index contributed by atoms with van der Waals surface area (Å²) in [6, 6.07) is 7.86. The normalized spacial score (nSPS) is 29.6. The highest BCUT2D eigenvalue weighted by atomic mass is 35.5. The number of hydrogen-bond acceptors (Lipinski definition) is 2. The summed E-state index contributed by atoms with van der Waals surface area (Å²) in [6.45, 7) is 0. The van der Waals surface area contributed by atoms with Gasteiger partial charge in [-0.3, -0.25) is 4.79 Å². The Balaban J connectivity index is 1.80. The second kappa shape index (κ2) is 5.14. The van der Waals surface area contributed by atoms with Crippen molar-refractivity contribution in [3.05, 3.63) is 34.9 Å². The van der Waals surface area contributed by atoms with Crippen molar-refractivity contribution in [3.63, 3.8) is 0 Å². The molecule has 2 heterocycles. The third kappa shape index (κ3) is 2.37. The minimum Gasteiger partial charge on any atom is -0.381 e. The van der Waals surface area contributed by atoms with Crippen molar-refractivity contribution in [1.29, 1.82) is 0 Å². The van der Waals surface area contributed by atoms with Crippen molar-refractivity contribution >= 4 is 17.5 Å². The van der Waals surface area contributed by atoms with Crippen LogP contribution >= 0.6 is 11.6 Å². The Bertz CT molecular complexity index is 460. The van der Waals surface area contributed by atoms with Gasteiger partial charge in [-0.15, -0.1) is 0 Å². The average Bonchev–Trinajstić information content (AvgIpc) is 2.69. The third-order valence-electron chi connectivity index (χ3n) is 4.35. The van der Waals surface area contributed by atoms with E-state index in [9.17, 15) is 4.79 Å². The number of halogens is 1. The lowest BCUT2D eigenvalue weighted by Crippen LogP contribution is -2.48. The maximum Gasteiger partial charge on any atom is 0.254 e. The summed E-state index contributed by atoms with van der Waals surface area (Å²) in [7, 11) is 1.76. The lowest BCUT2D eigenvalue weighted by atomic mass is 9.98. The number of carbonyl (C=O) groups is 1. The van der Waals surface area contributed by atoms with E-state index < -0.39 is 0 Å². The van der Waals surface area contributed by atoms with Crippen LogP contribution < -0.4 is 0 Å². The van der Waals surface area contributed by atoms with E-state index in [-0.39, 0.29) is 5.91 Å². The largest absolute Gasteiger partial charge is 0.381 e. The van der Waals surface area contributed by atoms with Gasteiger partial charge in [0.15, 0.2) is 0 Å². The summed E-state index contributed by atoms with van der Waals surface area (Å²) in [5.41, 5.74) is 0.733. The van der Waals surface area contributed by atoms with Crippen LogP contribution in [0, 0.1) is 0 Å². The SMILES string of the molecule is COC1CC2CCC(C1)N2C(=O)c1ccc(Cl)cc1. The van der Waals surface area contributed by atoms with Gasteiger partial charge in [0.25, 0.3) is 5.91 Å². The standard InChI is InChI=1S/C15H18ClNO2/c1-19-14-8-12-6-7-13(9-14)17(12)15(18)10-2-4-11(16)5-3-10/h2-5,12-14H,6-9H2,1H3. The monoisotopic (exact) mass is 279 g/mol. The van der Waals surface area contributed by atoms with Crippen molar-refractivity contribution < 1.29 is 9.53 Å². The Hall–Kier alpha value is -1.06. The van der Waals surface area contributed by atoms with Gasteiger partial charge < -0.3 is 9.64 Å². The molecule has 19 heavy (non-hydrogen) atoms. The lowest BCUT2D eigenvalue weighted by Gasteiger charge is -2.38. The molecule has 0 spiro atoms. The Labute approximate surface area is 118 Å². The molecule has 2 fully saturated rings. The summed E-state index contributed by atoms with van der Waals surface area (Å²) in [5.74, 6) is 0.138. The van der Waals surface area contributed by atoms with Crippen LogP contribution in [0.15, 0.2) is 24.3 Å². The molecular formula is C15H18ClNO2. The smallest absolute Gasteiger partial charge is 0.254 e. The van der Waals surface area contributed by atoms with Crippen LogP contribution in [0.3, 0.4) is 0 Å². The first-order chi connectivity index (χ1) is 9.19. The van der Waals surface area contributed by atoms with E-state index in [4.69, 9.17) is 16.3 Å². The van der Waals surface area contributed by atoms with Gasteiger partial charge in [0.05, 0.1) is 6.10 Å². The van der Waals surface area contributed by atoms with Crippen molar-refractivity contribution in [2.75, 3.05) is 7.11 Å². The highest BCUT2D eigenvalue weighted by molar-refractivity contribution is 6.30. The summed E-state index contributed by atoms with van der Waals surface area (Å²) in [4.78, 5) is 14.7. The number of ether oxygens (including phenoxy) is 1. The van der Waals surface area contributed by atoms with E-state index in [1.807, 2.05) is 12.1 Å². The van der Waals surface area contributed by atoms with Crippen LogP contribution in [0.4, 0.5) is 0 Å². The Morgan fingerprint density at radius 1 is 1.21 bits per heavy atom. The molecule has 2 aliphatic rings. The summed E-state index contributed by atoms with van der Waals surface area (Å²) in [5, 5.41) is 0.664. The highest BCUT2D eigenvalue weighted by Gasteiger charge is 2.43. The van der Waals surface area contributed by atoms with E-state index in [0.717, 1.165) is 31.2 Å². The molecule has 1 amide bonds. The van der Waals surface area contributed by atoms with Gasteiger partial charge in [-0.1, -0.05) is 11.6 Å². The molecule has 0 N–H and O–H groups in total. The number of nitrogens with zero attached hydrogens (tertiary/aromatic N) is 1. The molecule has 0 aromatic heterocycles. The minimum absolute atomic E-state index is 0.138. The lowest BCUT2D eigenvalue weighted by molar-refractivity contribution is 0.00822. The number of amides is 1. The summed E-state index contributed by atoms with van der Waals surface area (Å²) in [6.07, 6.45) is 4.44. The molecule has 4 heteroatoms. The van der Waals surface area contributed by atoms with Crippen molar-refractivity contribution in [1.82, 2.24) is 4.90 Å². The van der Waals surface area contributed by atoms with Crippen molar-refractivity contribution in [3.8, 4) is 0 Å². The van der Waals surface area contributed by atoms with E-state index in [2.05, 4.69) is 4.90 Å². The zero-order valence-corrected chi connectivity index (χ0v) is 11.8. The molecule has 2 atom stereocenters. The fourth-order valence-electron chi connectivity index (χ4n) is 3.39. The zero-order chi connectivity index (χ0) is 13.4. The number of piperidine rings is 1. The van der Waals surface area contributed by atoms with Crippen LogP contribution in [0.1, 0.15) is 36.0 Å². The molecule has 2 unspecified atom stereocenters. The molecule has 2 bridgehead atoms. The Kier molecular flexibility index (Phi) is 3.50. The highest BCUT2D eigenvalue weighted by Crippen LogP contribution is 2.37. The maximum absolute atomic E-state index is 12.6. The number of rotatable bonds is 2. The average molecular weight is 280 g/mol. The molecule has 3 nitrogen and oxygen atoms in total. The van der Waals surface area contributed by atoms with Crippen LogP contribution in [0.2, 0.25) is 5.02 Å². The van der Waals surface area contributed by atoms with Crippen molar-refractivity contribution in [2.45, 2.75) is 43.9 Å². The summed E-state index contributed by atoms with van der Waals surface area (Å²) >= 11 is 5.87. The van der Waals surface area contributed by atoms with Crippen LogP contribution in [-0.2, 0) is 4.74 Å². The second-order valence-corrected chi connectivity index (χ2v) is 5.87. The van der Waals surface area contributed by atoms with E-state index >= 15 is 0 Å². The maximum atomic E-state index is 12.6. The van der Waals surface area contributed by atoms with E-state index in [1.54, 1.807) is 19.2 Å². The van der Waals surface area contributed by atoms with Gasteiger partial charge in [0.2, 0.25) is 0 Å². The van der Waals surface area contributed by atoms with Gasteiger partial charge in [-0.25, -0.2) is 0 Å². The van der Waals surface area contributed by atoms with Crippen LogP contribution in [0.5, 0.6) is 0 Å². The topological polar surface area (TPSA) is 29.5 Å². The first-order valence-corrected chi connectivity index (χ1v) is 7.18. The molecule has 1 aromatic carbocycles.